The lowest BCUT2D eigenvalue weighted by atomic mass is 9.81. The summed E-state index contributed by atoms with van der Waals surface area (Å²) in [6, 6.07) is 0. The third-order valence-electron chi connectivity index (χ3n) is 3.44. The largest absolute Gasteiger partial charge is 0.392 e. The van der Waals surface area contributed by atoms with E-state index < -0.39 is 35.9 Å². The van der Waals surface area contributed by atoms with Crippen LogP contribution in [0.4, 0.5) is 13.2 Å². The van der Waals surface area contributed by atoms with Gasteiger partial charge in [-0.05, 0) is 6.42 Å². The van der Waals surface area contributed by atoms with Crippen LogP contribution in [0, 0.1) is 11.3 Å². The number of rotatable bonds is 2. The van der Waals surface area contributed by atoms with Crippen molar-refractivity contribution in [2.24, 2.45) is 11.3 Å². The van der Waals surface area contributed by atoms with Crippen LogP contribution in [0.3, 0.4) is 0 Å². The number of hydrogen-bond acceptors (Lipinski definition) is 2. The van der Waals surface area contributed by atoms with Gasteiger partial charge in [-0.2, -0.15) is 13.2 Å². The first-order valence-electron chi connectivity index (χ1n) is 6.06. The number of carbonyl (C=O) groups excluding carboxylic acids is 1. The lowest BCUT2D eigenvalue weighted by Gasteiger charge is -2.42. The Morgan fingerprint density at radius 2 is 2.06 bits per heavy atom. The summed E-state index contributed by atoms with van der Waals surface area (Å²) in [5, 5.41) is 9.74. The minimum atomic E-state index is -4.32. The predicted molar refractivity (Wildman–Crippen MR) is 60.8 cm³/mol. The van der Waals surface area contributed by atoms with Gasteiger partial charge in [0, 0.05) is 24.4 Å². The van der Waals surface area contributed by atoms with Gasteiger partial charge in [0.05, 0.1) is 12.5 Å². The van der Waals surface area contributed by atoms with Crippen molar-refractivity contribution < 1.29 is 23.1 Å². The molecule has 1 heterocycles. The highest BCUT2D eigenvalue weighted by molar-refractivity contribution is 5.78. The maximum absolute atomic E-state index is 12.2. The number of aliphatic hydroxyl groups excluding tert-OH is 1. The zero-order valence-electron chi connectivity index (χ0n) is 10.9. The molecule has 0 aromatic rings. The third-order valence-corrected chi connectivity index (χ3v) is 3.44. The first kappa shape index (κ1) is 15.3. The third kappa shape index (κ3) is 3.86. The number of likely N-dealkylation sites (tertiary alicyclic amines) is 1. The Labute approximate surface area is 105 Å². The highest BCUT2D eigenvalue weighted by atomic mass is 19.4. The second-order valence-corrected chi connectivity index (χ2v) is 5.77. The second-order valence-electron chi connectivity index (χ2n) is 5.77. The van der Waals surface area contributed by atoms with Crippen LogP contribution in [0.25, 0.3) is 0 Å². The molecule has 1 N–H and O–H groups in total. The molecule has 2 unspecified atom stereocenters. The van der Waals surface area contributed by atoms with E-state index in [4.69, 9.17) is 0 Å². The quantitative estimate of drug-likeness (QED) is 0.833. The molecule has 0 radical (unpaired) electrons. The fourth-order valence-electron chi connectivity index (χ4n) is 2.28. The fraction of sp³-hybridized carbons (Fsp3) is 0.917. The van der Waals surface area contributed by atoms with Gasteiger partial charge in [0.2, 0.25) is 5.91 Å². The Morgan fingerprint density at radius 1 is 1.50 bits per heavy atom. The topological polar surface area (TPSA) is 40.5 Å². The maximum Gasteiger partial charge on any atom is 0.389 e. The first-order chi connectivity index (χ1) is 8.03. The van der Waals surface area contributed by atoms with E-state index in [2.05, 4.69) is 0 Å². The zero-order chi connectivity index (χ0) is 14.1. The number of alkyl halides is 3. The Bertz CT molecular complexity index is 315. The van der Waals surface area contributed by atoms with Crippen molar-refractivity contribution >= 4 is 5.91 Å². The molecule has 2 atom stereocenters. The van der Waals surface area contributed by atoms with Crippen molar-refractivity contribution in [3.8, 4) is 0 Å². The summed E-state index contributed by atoms with van der Waals surface area (Å²) >= 11 is 0. The highest BCUT2D eigenvalue weighted by Gasteiger charge is 2.39. The standard InChI is InChI=1S/C12H20F3NO2/c1-8(6-12(13,14)15)10(18)16-5-4-9(17)11(2,3)7-16/h8-9,17H,4-7H2,1-3H3. The molecule has 1 fully saturated rings. The van der Waals surface area contributed by atoms with Gasteiger partial charge in [-0.15, -0.1) is 0 Å². The van der Waals surface area contributed by atoms with Gasteiger partial charge in [-0.3, -0.25) is 4.79 Å². The van der Waals surface area contributed by atoms with E-state index in [9.17, 15) is 23.1 Å². The maximum atomic E-state index is 12.2. The van der Waals surface area contributed by atoms with Gasteiger partial charge in [-0.1, -0.05) is 20.8 Å². The lowest BCUT2D eigenvalue weighted by molar-refractivity contribution is -0.161. The van der Waals surface area contributed by atoms with E-state index >= 15 is 0 Å². The van der Waals surface area contributed by atoms with Crippen LogP contribution in [0.5, 0.6) is 0 Å². The highest BCUT2D eigenvalue weighted by Crippen LogP contribution is 2.31. The minimum absolute atomic E-state index is 0.301. The van der Waals surface area contributed by atoms with E-state index in [0.29, 0.717) is 19.5 Å². The molecule has 106 valence electrons. The van der Waals surface area contributed by atoms with Crippen LogP contribution in [-0.4, -0.2) is 41.3 Å². The first-order valence-corrected chi connectivity index (χ1v) is 6.06. The van der Waals surface area contributed by atoms with Crippen molar-refractivity contribution in [1.82, 2.24) is 4.90 Å². The molecule has 1 saturated heterocycles. The molecule has 0 aromatic heterocycles. The molecular formula is C12H20F3NO2. The lowest BCUT2D eigenvalue weighted by Crippen LogP contribution is -2.52. The summed E-state index contributed by atoms with van der Waals surface area (Å²) < 4.78 is 36.7. The number of hydrogen-bond donors (Lipinski definition) is 1. The van der Waals surface area contributed by atoms with Crippen LogP contribution in [0.2, 0.25) is 0 Å². The summed E-state index contributed by atoms with van der Waals surface area (Å²) in [5.41, 5.74) is -0.466. The van der Waals surface area contributed by atoms with Crippen LogP contribution >= 0.6 is 0 Å². The van der Waals surface area contributed by atoms with Crippen LogP contribution in [-0.2, 0) is 4.79 Å². The molecule has 0 bridgehead atoms. The molecular weight excluding hydrogens is 247 g/mol. The SMILES string of the molecule is CC(CC(F)(F)F)C(=O)N1CCC(O)C(C)(C)C1. The average Bonchev–Trinajstić information content (AvgIpc) is 2.18. The van der Waals surface area contributed by atoms with Gasteiger partial charge in [-0.25, -0.2) is 0 Å². The van der Waals surface area contributed by atoms with Crippen LogP contribution in [0.15, 0.2) is 0 Å². The number of aliphatic hydroxyl groups is 1. The molecule has 0 saturated carbocycles. The Hall–Kier alpha value is -0.780. The predicted octanol–water partition coefficient (Wildman–Crippen LogP) is 2.19. The van der Waals surface area contributed by atoms with E-state index in [-0.39, 0.29) is 0 Å². The van der Waals surface area contributed by atoms with E-state index in [1.54, 1.807) is 0 Å². The molecule has 1 aliphatic heterocycles. The monoisotopic (exact) mass is 267 g/mol. The number of amides is 1. The molecule has 1 aliphatic rings. The molecule has 6 heteroatoms. The molecule has 1 amide bonds. The van der Waals surface area contributed by atoms with Crippen molar-refractivity contribution in [3.63, 3.8) is 0 Å². The summed E-state index contributed by atoms with van der Waals surface area (Å²) in [5.74, 6) is -1.54. The second kappa shape index (κ2) is 5.07. The molecule has 18 heavy (non-hydrogen) atoms. The van der Waals surface area contributed by atoms with Gasteiger partial charge in [0.15, 0.2) is 0 Å². The molecule has 0 aliphatic carbocycles. The van der Waals surface area contributed by atoms with Crippen molar-refractivity contribution in [2.45, 2.75) is 45.9 Å². The molecule has 3 nitrogen and oxygen atoms in total. The van der Waals surface area contributed by atoms with Gasteiger partial charge in [0.1, 0.15) is 0 Å². The normalized spacial score (nSPS) is 25.9. The molecule has 0 aromatic carbocycles. The number of carbonyl (C=O) groups is 1. The minimum Gasteiger partial charge on any atom is -0.392 e. The van der Waals surface area contributed by atoms with Gasteiger partial charge >= 0.3 is 6.18 Å². The number of nitrogens with zero attached hydrogens (tertiary/aromatic N) is 1. The molecule has 0 spiro atoms. The van der Waals surface area contributed by atoms with E-state index in [0.717, 1.165) is 0 Å². The average molecular weight is 267 g/mol. The Morgan fingerprint density at radius 3 is 2.50 bits per heavy atom. The molecule has 1 rings (SSSR count). The Balaban J connectivity index is 2.63. The van der Waals surface area contributed by atoms with Crippen molar-refractivity contribution in [2.75, 3.05) is 13.1 Å². The van der Waals surface area contributed by atoms with Gasteiger partial charge in [0.25, 0.3) is 0 Å². The van der Waals surface area contributed by atoms with Crippen molar-refractivity contribution in [1.29, 1.82) is 0 Å². The van der Waals surface area contributed by atoms with Crippen LogP contribution in [0.1, 0.15) is 33.6 Å². The van der Waals surface area contributed by atoms with E-state index in [1.165, 1.54) is 11.8 Å². The van der Waals surface area contributed by atoms with Crippen LogP contribution < -0.4 is 0 Å². The summed E-state index contributed by atoms with van der Waals surface area (Å²) in [4.78, 5) is 13.3. The number of piperidine rings is 1. The smallest absolute Gasteiger partial charge is 0.389 e. The van der Waals surface area contributed by atoms with Gasteiger partial charge < -0.3 is 10.0 Å². The van der Waals surface area contributed by atoms with E-state index in [1.807, 2.05) is 13.8 Å². The fourth-order valence-corrected chi connectivity index (χ4v) is 2.28. The summed E-state index contributed by atoms with van der Waals surface area (Å²) in [6.07, 6.45) is -5.51. The summed E-state index contributed by atoms with van der Waals surface area (Å²) in [6.45, 7) is 5.55. The number of halogens is 3. The Kier molecular flexibility index (Phi) is 4.30. The zero-order valence-corrected chi connectivity index (χ0v) is 10.9. The van der Waals surface area contributed by atoms with Crippen molar-refractivity contribution in [3.05, 3.63) is 0 Å². The summed E-state index contributed by atoms with van der Waals surface area (Å²) in [7, 11) is 0.